The quantitative estimate of drug-likeness (QED) is 0.420. The summed E-state index contributed by atoms with van der Waals surface area (Å²) in [6.45, 7) is 1.24. The van der Waals surface area contributed by atoms with E-state index in [0.717, 1.165) is 38.7 Å². The summed E-state index contributed by atoms with van der Waals surface area (Å²) < 4.78 is 8.81. The molecule has 1 aliphatic carbocycles. The van der Waals surface area contributed by atoms with Crippen LogP contribution in [0.4, 0.5) is 17.3 Å². The number of aliphatic hydroxyl groups excluding tert-OH is 1. The normalized spacial score (nSPS) is 22.6. The smallest absolute Gasteiger partial charge is 0.274 e. The van der Waals surface area contributed by atoms with Crippen molar-refractivity contribution in [2.45, 2.75) is 56.7 Å². The van der Waals surface area contributed by atoms with Crippen molar-refractivity contribution < 1.29 is 14.6 Å². The van der Waals surface area contributed by atoms with E-state index in [0.29, 0.717) is 41.6 Å². The Balaban J connectivity index is 1.43. The van der Waals surface area contributed by atoms with Crippen molar-refractivity contribution in [3.8, 4) is 0 Å². The minimum Gasteiger partial charge on any atom is -0.393 e. The number of ether oxygens (including phenoxy) is 1. The molecule has 2 aliphatic rings. The Kier molecular flexibility index (Phi) is 6.69. The molecular formula is C24H31N7O4. The zero-order valence-electron chi connectivity index (χ0n) is 19.7. The molecule has 1 saturated carbocycles. The summed E-state index contributed by atoms with van der Waals surface area (Å²) >= 11 is 0. The number of nitrogens with zero attached hydrogens (tertiary/aromatic N) is 4. The molecule has 0 unspecified atom stereocenters. The highest BCUT2D eigenvalue weighted by atomic mass is 16.5. The molecule has 4 heterocycles. The van der Waals surface area contributed by atoms with Gasteiger partial charge in [0.15, 0.2) is 5.65 Å². The highest BCUT2D eigenvalue weighted by molar-refractivity contribution is 6.00. The Labute approximate surface area is 202 Å². The van der Waals surface area contributed by atoms with Crippen molar-refractivity contribution in [1.29, 1.82) is 0 Å². The number of anilines is 3. The average Bonchev–Trinajstić information content (AvgIpc) is 3.29. The molecule has 35 heavy (non-hydrogen) atoms. The van der Waals surface area contributed by atoms with Crippen molar-refractivity contribution in [2.75, 3.05) is 30.9 Å². The van der Waals surface area contributed by atoms with Crippen LogP contribution in [0.3, 0.4) is 0 Å². The van der Waals surface area contributed by atoms with Crippen molar-refractivity contribution in [3.63, 3.8) is 0 Å². The Bertz CT molecular complexity index is 1260. The van der Waals surface area contributed by atoms with Crippen LogP contribution in [-0.4, -0.2) is 62.6 Å². The lowest BCUT2D eigenvalue weighted by atomic mass is 9.93. The van der Waals surface area contributed by atoms with Gasteiger partial charge in [0, 0.05) is 32.0 Å². The van der Waals surface area contributed by atoms with E-state index in [-0.39, 0.29) is 23.6 Å². The van der Waals surface area contributed by atoms with Crippen LogP contribution >= 0.6 is 0 Å². The van der Waals surface area contributed by atoms with E-state index in [4.69, 9.17) is 4.74 Å². The Hall–Kier alpha value is -3.44. The second-order valence-electron chi connectivity index (χ2n) is 9.19. The molecule has 0 aromatic carbocycles. The van der Waals surface area contributed by atoms with E-state index < -0.39 is 6.10 Å². The Morgan fingerprint density at radius 2 is 2.14 bits per heavy atom. The lowest BCUT2D eigenvalue weighted by molar-refractivity contribution is 0.0580. The van der Waals surface area contributed by atoms with Crippen molar-refractivity contribution in [2.24, 2.45) is 0 Å². The molecule has 0 radical (unpaired) electrons. The van der Waals surface area contributed by atoms with E-state index in [2.05, 4.69) is 26.0 Å². The van der Waals surface area contributed by atoms with Gasteiger partial charge in [-0.1, -0.05) is 0 Å². The molecule has 0 spiro atoms. The summed E-state index contributed by atoms with van der Waals surface area (Å²) in [5, 5.41) is 23.5. The fourth-order valence-electron chi connectivity index (χ4n) is 4.90. The molecule has 1 aliphatic heterocycles. The number of hydrogen-bond donors (Lipinski definition) is 4. The number of rotatable bonds is 6. The summed E-state index contributed by atoms with van der Waals surface area (Å²) in [5.41, 5.74) is 0.928. The third-order valence-corrected chi connectivity index (χ3v) is 6.72. The van der Waals surface area contributed by atoms with Crippen LogP contribution < -0.4 is 21.5 Å². The first-order chi connectivity index (χ1) is 17.0. The maximum absolute atomic E-state index is 13.2. The molecule has 3 aromatic heterocycles. The predicted molar refractivity (Wildman–Crippen MR) is 131 cm³/mol. The molecule has 186 valence electrons. The van der Waals surface area contributed by atoms with Gasteiger partial charge in [-0.2, -0.15) is 9.61 Å². The Morgan fingerprint density at radius 3 is 2.91 bits per heavy atom. The van der Waals surface area contributed by atoms with Gasteiger partial charge in [-0.15, -0.1) is 0 Å². The predicted octanol–water partition coefficient (Wildman–Crippen LogP) is 2.06. The lowest BCUT2D eigenvalue weighted by Gasteiger charge is -2.26. The van der Waals surface area contributed by atoms with Gasteiger partial charge in [-0.3, -0.25) is 9.59 Å². The minimum absolute atomic E-state index is 0.00439. The van der Waals surface area contributed by atoms with Gasteiger partial charge in [-0.25, -0.2) is 4.98 Å². The van der Waals surface area contributed by atoms with Crippen LogP contribution in [0.1, 0.15) is 54.9 Å². The minimum atomic E-state index is -0.391. The molecule has 3 atom stereocenters. The summed E-state index contributed by atoms with van der Waals surface area (Å²) in [6.07, 6.45) is 7.70. The second-order valence-corrected chi connectivity index (χ2v) is 9.19. The number of amides is 1. The molecule has 3 aromatic rings. The number of hydrogen-bond acceptors (Lipinski definition) is 8. The summed E-state index contributed by atoms with van der Waals surface area (Å²) in [5.74, 6) is 0.742. The van der Waals surface area contributed by atoms with Gasteiger partial charge in [-0.05, 0) is 50.7 Å². The number of aromatic nitrogens is 4. The zero-order chi connectivity index (χ0) is 24.4. The molecule has 11 nitrogen and oxygen atoms in total. The van der Waals surface area contributed by atoms with Crippen molar-refractivity contribution in [1.82, 2.24) is 24.5 Å². The fourth-order valence-corrected chi connectivity index (χ4v) is 4.90. The van der Waals surface area contributed by atoms with Crippen LogP contribution in [0.2, 0.25) is 0 Å². The number of carbonyl (C=O) groups is 1. The van der Waals surface area contributed by atoms with Gasteiger partial charge in [0.2, 0.25) is 0 Å². The lowest BCUT2D eigenvalue weighted by Crippen LogP contribution is -2.39. The maximum atomic E-state index is 13.2. The number of fused-ring (bicyclic) bond motifs is 1. The van der Waals surface area contributed by atoms with Crippen molar-refractivity contribution >= 4 is 28.9 Å². The standard InChI is InChI=1S/C24H31N7O4/c1-25-21-12-20(28-19-8-3-9-30(24(19)34)16-6-4-10-35-14-16)29-22-18(13-26-31(21)22)23(33)27-15-5-2-7-17(32)11-15/h3,8-9,12-13,15-17,25,32H,2,4-7,10-11,14H2,1H3,(H,27,33)(H,28,29)/t15-,16-,17-/m1/s1. The van der Waals surface area contributed by atoms with Crippen LogP contribution in [0.25, 0.3) is 5.65 Å². The van der Waals surface area contributed by atoms with Crippen LogP contribution in [0.15, 0.2) is 35.4 Å². The van der Waals surface area contributed by atoms with E-state index in [1.54, 1.807) is 34.5 Å². The largest absolute Gasteiger partial charge is 0.393 e. The number of carbonyl (C=O) groups excluding carboxylic acids is 1. The summed E-state index contributed by atoms with van der Waals surface area (Å²) in [7, 11) is 1.75. The highest BCUT2D eigenvalue weighted by Gasteiger charge is 2.25. The molecular weight excluding hydrogens is 450 g/mol. The summed E-state index contributed by atoms with van der Waals surface area (Å²) in [6, 6.07) is 5.19. The molecule has 5 rings (SSSR count). The molecule has 4 N–H and O–H groups in total. The first-order valence-corrected chi connectivity index (χ1v) is 12.1. The monoisotopic (exact) mass is 481 g/mol. The highest BCUT2D eigenvalue weighted by Crippen LogP contribution is 2.23. The molecule has 1 saturated heterocycles. The van der Waals surface area contributed by atoms with Gasteiger partial charge in [0.1, 0.15) is 22.9 Å². The molecule has 11 heteroatoms. The fraction of sp³-hybridized carbons (Fsp3) is 0.500. The van der Waals surface area contributed by atoms with Gasteiger partial charge < -0.3 is 30.4 Å². The zero-order valence-corrected chi connectivity index (χ0v) is 19.7. The van der Waals surface area contributed by atoms with Crippen LogP contribution in [-0.2, 0) is 4.74 Å². The third-order valence-electron chi connectivity index (χ3n) is 6.72. The number of pyridine rings is 1. The Morgan fingerprint density at radius 1 is 1.26 bits per heavy atom. The SMILES string of the molecule is CNc1cc(Nc2cccn([C@@H]3CCCOC3)c2=O)nc2c(C(=O)N[C@@H]3CCC[C@@H](O)C3)cnn12. The maximum Gasteiger partial charge on any atom is 0.274 e. The van der Waals surface area contributed by atoms with Gasteiger partial charge in [0.25, 0.3) is 11.5 Å². The van der Waals surface area contributed by atoms with E-state index >= 15 is 0 Å². The number of aliphatic hydroxyl groups is 1. The van der Waals surface area contributed by atoms with E-state index in [1.165, 1.54) is 6.20 Å². The van der Waals surface area contributed by atoms with Gasteiger partial charge >= 0.3 is 0 Å². The molecule has 0 bridgehead atoms. The topological polar surface area (TPSA) is 135 Å². The third kappa shape index (κ3) is 4.87. The summed E-state index contributed by atoms with van der Waals surface area (Å²) in [4.78, 5) is 30.8. The molecule has 1 amide bonds. The van der Waals surface area contributed by atoms with E-state index in [1.807, 2.05) is 6.07 Å². The van der Waals surface area contributed by atoms with Gasteiger partial charge in [0.05, 0.1) is 24.9 Å². The molecule has 2 fully saturated rings. The number of nitrogens with one attached hydrogen (secondary N) is 3. The second kappa shape index (κ2) is 10.0. The van der Waals surface area contributed by atoms with Crippen LogP contribution in [0, 0.1) is 0 Å². The first kappa shape index (κ1) is 23.3. The first-order valence-electron chi connectivity index (χ1n) is 12.1. The van der Waals surface area contributed by atoms with Crippen molar-refractivity contribution in [3.05, 3.63) is 46.5 Å². The average molecular weight is 482 g/mol. The van der Waals surface area contributed by atoms with Crippen LogP contribution in [0.5, 0.6) is 0 Å². The van der Waals surface area contributed by atoms with E-state index in [9.17, 15) is 14.7 Å².